The topological polar surface area (TPSA) is 49.0 Å². The average molecular weight is 659 g/mol. The molecule has 0 aliphatic carbocycles. The van der Waals surface area contributed by atoms with E-state index >= 15 is 0 Å². The van der Waals surface area contributed by atoms with Gasteiger partial charge in [-0.1, -0.05) is 43.2 Å². The average Bonchev–Trinajstić information content (AvgIpc) is 2.88. The summed E-state index contributed by atoms with van der Waals surface area (Å²) >= 11 is 0. The molecular weight excluding hydrogens is 602 g/mol. The SMILES string of the molecule is COc1cc(CNCCCN(C)C)cc(CNCCCN(C)C)c1OCCCCCCc1ccccc1.Cl.Cl.Cl.Cl. The van der Waals surface area contributed by atoms with Crippen LogP contribution in [-0.2, 0) is 19.5 Å². The Morgan fingerprint density at radius 2 is 1.24 bits per heavy atom. The van der Waals surface area contributed by atoms with E-state index in [1.54, 1.807) is 7.11 Å². The number of hydrogen-bond acceptors (Lipinski definition) is 6. The van der Waals surface area contributed by atoms with Crippen LogP contribution in [-0.4, -0.2) is 77.9 Å². The van der Waals surface area contributed by atoms with Crippen LogP contribution in [0, 0.1) is 0 Å². The van der Waals surface area contributed by atoms with E-state index in [0.717, 1.165) is 83.1 Å². The maximum Gasteiger partial charge on any atom is 0.165 e. The predicted molar refractivity (Wildman–Crippen MR) is 186 cm³/mol. The number of aryl methyl sites for hydroxylation is 1. The van der Waals surface area contributed by atoms with Crippen LogP contribution in [0.25, 0.3) is 0 Å². The zero-order valence-electron chi connectivity index (χ0n) is 25.8. The molecule has 0 amide bonds. The highest BCUT2D eigenvalue weighted by molar-refractivity contribution is 5.86. The molecule has 0 aromatic heterocycles. The summed E-state index contributed by atoms with van der Waals surface area (Å²) in [5.41, 5.74) is 3.84. The molecule has 0 aliphatic heterocycles. The van der Waals surface area contributed by atoms with E-state index in [1.807, 2.05) is 0 Å². The van der Waals surface area contributed by atoms with Gasteiger partial charge >= 0.3 is 0 Å². The highest BCUT2D eigenvalue weighted by Gasteiger charge is 2.14. The molecule has 0 bridgehead atoms. The van der Waals surface area contributed by atoms with Crippen LogP contribution in [0.1, 0.15) is 55.2 Å². The van der Waals surface area contributed by atoms with Crippen molar-refractivity contribution in [2.24, 2.45) is 0 Å². The Bertz CT molecular complexity index is 862. The summed E-state index contributed by atoms with van der Waals surface area (Å²) in [5.74, 6) is 1.73. The molecule has 6 nitrogen and oxygen atoms in total. The lowest BCUT2D eigenvalue weighted by Gasteiger charge is -2.18. The van der Waals surface area contributed by atoms with Crippen LogP contribution in [0.4, 0.5) is 0 Å². The molecule has 0 unspecified atom stereocenters. The summed E-state index contributed by atoms with van der Waals surface area (Å²) < 4.78 is 12.1. The Balaban J connectivity index is -0.00000361. The fourth-order valence-corrected chi connectivity index (χ4v) is 4.37. The van der Waals surface area contributed by atoms with E-state index in [0.29, 0.717) is 0 Å². The number of nitrogens with one attached hydrogen (secondary N) is 2. The molecule has 2 aromatic rings. The summed E-state index contributed by atoms with van der Waals surface area (Å²) in [6.45, 7) is 6.50. The van der Waals surface area contributed by atoms with Crippen LogP contribution in [0.5, 0.6) is 11.5 Å². The highest BCUT2D eigenvalue weighted by atomic mass is 35.5. The molecule has 0 radical (unpaired) electrons. The summed E-state index contributed by atoms with van der Waals surface area (Å²) in [4.78, 5) is 4.45. The number of nitrogens with zero attached hydrogens (tertiary/aromatic N) is 2. The van der Waals surface area contributed by atoms with Gasteiger partial charge in [-0.2, -0.15) is 0 Å². The third kappa shape index (κ3) is 20.6. The normalized spacial score (nSPS) is 10.3. The van der Waals surface area contributed by atoms with Gasteiger partial charge < -0.3 is 29.9 Å². The lowest BCUT2D eigenvalue weighted by atomic mass is 10.1. The monoisotopic (exact) mass is 656 g/mol. The van der Waals surface area contributed by atoms with Gasteiger partial charge in [-0.05, 0) is 110 Å². The minimum atomic E-state index is 0. The van der Waals surface area contributed by atoms with Crippen molar-refractivity contribution in [1.82, 2.24) is 20.4 Å². The lowest BCUT2D eigenvalue weighted by molar-refractivity contribution is 0.281. The van der Waals surface area contributed by atoms with Gasteiger partial charge in [0.25, 0.3) is 0 Å². The van der Waals surface area contributed by atoms with Crippen molar-refractivity contribution in [1.29, 1.82) is 0 Å². The Morgan fingerprint density at radius 3 is 1.83 bits per heavy atom. The molecule has 2 N–H and O–H groups in total. The van der Waals surface area contributed by atoms with Gasteiger partial charge in [-0.15, -0.1) is 49.6 Å². The molecule has 2 rings (SSSR count). The Labute approximate surface area is 275 Å². The number of unbranched alkanes of at least 4 members (excludes halogenated alkanes) is 3. The first-order chi connectivity index (χ1) is 18.0. The van der Waals surface area contributed by atoms with Crippen molar-refractivity contribution in [2.45, 2.75) is 58.0 Å². The van der Waals surface area contributed by atoms with Crippen LogP contribution in [0.15, 0.2) is 42.5 Å². The second kappa shape index (κ2) is 27.8. The maximum absolute atomic E-state index is 6.34. The zero-order valence-corrected chi connectivity index (χ0v) is 29.1. The van der Waals surface area contributed by atoms with E-state index < -0.39 is 0 Å². The van der Waals surface area contributed by atoms with Crippen molar-refractivity contribution in [3.8, 4) is 11.5 Å². The molecule has 41 heavy (non-hydrogen) atoms. The molecule has 2 aromatic carbocycles. The van der Waals surface area contributed by atoms with Gasteiger partial charge in [-0.3, -0.25) is 0 Å². The smallest absolute Gasteiger partial charge is 0.165 e. The molecule has 10 heteroatoms. The van der Waals surface area contributed by atoms with E-state index in [9.17, 15) is 0 Å². The lowest BCUT2D eigenvalue weighted by Crippen LogP contribution is -2.22. The summed E-state index contributed by atoms with van der Waals surface area (Å²) in [7, 11) is 10.2. The third-order valence-corrected chi connectivity index (χ3v) is 6.42. The fraction of sp³-hybridized carbons (Fsp3) is 0.613. The van der Waals surface area contributed by atoms with Crippen molar-refractivity contribution in [3.05, 3.63) is 59.2 Å². The first-order valence-electron chi connectivity index (χ1n) is 14.1. The van der Waals surface area contributed by atoms with Crippen LogP contribution in [0.3, 0.4) is 0 Å². The van der Waals surface area contributed by atoms with E-state index in [2.05, 4.69) is 91.1 Å². The first-order valence-corrected chi connectivity index (χ1v) is 14.1. The van der Waals surface area contributed by atoms with Gasteiger partial charge in [0.15, 0.2) is 11.5 Å². The molecule has 0 heterocycles. The number of benzene rings is 2. The number of rotatable bonds is 21. The van der Waals surface area contributed by atoms with Crippen molar-refractivity contribution in [3.63, 3.8) is 0 Å². The molecule has 0 aliphatic rings. The number of halogens is 4. The minimum absolute atomic E-state index is 0. The fourth-order valence-electron chi connectivity index (χ4n) is 4.37. The minimum Gasteiger partial charge on any atom is -0.493 e. The molecular formula is C31H56Cl4N4O2. The summed E-state index contributed by atoms with van der Waals surface area (Å²) in [6.07, 6.45) is 8.11. The van der Waals surface area contributed by atoms with Gasteiger partial charge in [0, 0.05) is 18.7 Å². The van der Waals surface area contributed by atoms with Crippen molar-refractivity contribution < 1.29 is 9.47 Å². The second-order valence-electron chi connectivity index (χ2n) is 10.5. The van der Waals surface area contributed by atoms with Crippen molar-refractivity contribution in [2.75, 3.05) is 68.1 Å². The Kier molecular flexibility index (Phi) is 30.2. The first kappa shape index (κ1) is 44.5. The Hall–Kier alpha value is -0.960. The van der Waals surface area contributed by atoms with Gasteiger partial charge in [0.2, 0.25) is 0 Å². The van der Waals surface area contributed by atoms with Crippen LogP contribution >= 0.6 is 49.6 Å². The van der Waals surface area contributed by atoms with Crippen LogP contribution < -0.4 is 20.1 Å². The van der Waals surface area contributed by atoms with Crippen LogP contribution in [0.2, 0.25) is 0 Å². The maximum atomic E-state index is 6.34. The molecule has 0 saturated heterocycles. The quantitative estimate of drug-likeness (QED) is 0.147. The standard InChI is InChI=1S/C31H52N4O2.4ClH/c1-34(2)20-13-18-32-25-28-23-29(26-33-19-14-21-35(3)4)31(30(24-28)36-5)37-22-12-7-6-9-15-27-16-10-8-11-17-27;;;;/h8,10-11,16-17,23-24,32-33H,6-7,9,12-15,18-22,25-26H2,1-5H3;4*1H. The summed E-state index contributed by atoms with van der Waals surface area (Å²) in [5, 5.41) is 7.19. The molecule has 0 spiro atoms. The Morgan fingerprint density at radius 1 is 0.659 bits per heavy atom. The highest BCUT2D eigenvalue weighted by Crippen LogP contribution is 2.33. The number of methoxy groups -OCH3 is 1. The van der Waals surface area contributed by atoms with E-state index in [-0.39, 0.29) is 49.6 Å². The molecule has 0 fully saturated rings. The molecule has 240 valence electrons. The predicted octanol–water partition coefficient (Wildman–Crippen LogP) is 6.65. The zero-order chi connectivity index (χ0) is 26.7. The van der Waals surface area contributed by atoms with Crippen molar-refractivity contribution >= 4 is 49.6 Å². The second-order valence-corrected chi connectivity index (χ2v) is 10.5. The third-order valence-electron chi connectivity index (χ3n) is 6.42. The largest absolute Gasteiger partial charge is 0.493 e. The van der Waals surface area contributed by atoms with Gasteiger partial charge in [-0.25, -0.2) is 0 Å². The molecule has 0 saturated carbocycles. The number of hydrogen-bond donors (Lipinski definition) is 2. The number of ether oxygens (including phenoxy) is 2. The van der Waals surface area contributed by atoms with E-state index in [4.69, 9.17) is 9.47 Å². The summed E-state index contributed by atoms with van der Waals surface area (Å²) in [6, 6.07) is 15.2. The van der Waals surface area contributed by atoms with Gasteiger partial charge in [0.1, 0.15) is 0 Å². The van der Waals surface area contributed by atoms with E-state index in [1.165, 1.54) is 36.0 Å². The molecule has 0 atom stereocenters. The van der Waals surface area contributed by atoms with Gasteiger partial charge in [0.05, 0.1) is 13.7 Å².